The van der Waals surface area contributed by atoms with E-state index in [0.29, 0.717) is 26.2 Å². The molecule has 7 nitrogen and oxygen atoms in total. The minimum absolute atomic E-state index is 0.106. The average molecular weight is 577 g/mol. The van der Waals surface area contributed by atoms with E-state index in [1.54, 1.807) is 22.9 Å². The smallest absolute Gasteiger partial charge is 0.421 e. The van der Waals surface area contributed by atoms with Crippen LogP contribution in [0.25, 0.3) is 5.57 Å². The molecule has 1 aliphatic carbocycles. The van der Waals surface area contributed by atoms with Gasteiger partial charge in [0.1, 0.15) is 6.61 Å². The maximum absolute atomic E-state index is 14.9. The number of aryl methyl sites for hydroxylation is 1. The largest absolute Gasteiger partial charge is 0.445 e. The van der Waals surface area contributed by atoms with Gasteiger partial charge in [-0.1, -0.05) is 40.9 Å². The molecule has 1 aromatic heterocycles. The average Bonchev–Trinajstić information content (AvgIpc) is 3.19. The van der Waals surface area contributed by atoms with Crippen molar-refractivity contribution in [2.24, 2.45) is 0 Å². The van der Waals surface area contributed by atoms with Gasteiger partial charge in [-0.15, -0.1) is 0 Å². The van der Waals surface area contributed by atoms with Crippen molar-refractivity contribution in [2.45, 2.75) is 30.2 Å². The van der Waals surface area contributed by atoms with Crippen LogP contribution >= 0.6 is 34.8 Å². The van der Waals surface area contributed by atoms with E-state index in [2.05, 4.69) is 5.10 Å². The highest BCUT2D eigenvalue weighted by Gasteiger charge is 2.41. The third-order valence-electron chi connectivity index (χ3n) is 5.45. The van der Waals surface area contributed by atoms with E-state index >= 15 is 0 Å². The zero-order valence-corrected chi connectivity index (χ0v) is 21.4. The van der Waals surface area contributed by atoms with Crippen molar-refractivity contribution in [1.29, 1.82) is 0 Å². The molecule has 4 rings (SSSR count). The normalized spacial score (nSPS) is 16.0. The molecule has 0 radical (unpaired) electrons. The minimum atomic E-state index is -4.23. The van der Waals surface area contributed by atoms with E-state index in [1.165, 1.54) is 35.1 Å². The molecule has 0 saturated carbocycles. The first-order chi connectivity index (χ1) is 17.0. The van der Waals surface area contributed by atoms with E-state index in [-0.39, 0.29) is 29.1 Å². The molecule has 2 aromatic carbocycles. The fourth-order valence-corrected chi connectivity index (χ4v) is 5.19. The Morgan fingerprint density at radius 1 is 1.14 bits per heavy atom. The molecule has 0 bridgehead atoms. The SMILES string of the molecule is O=C(NS(=O)(=O)c1ccc(Cl)cc1)OC/C=C1\c2c(cnn2Cc2ccc(Cl)cc2Cl)CCC1(F)F. The number of rotatable bonds is 6. The van der Waals surface area contributed by atoms with Gasteiger partial charge in [-0.25, -0.2) is 26.7 Å². The third kappa shape index (κ3) is 5.83. The summed E-state index contributed by atoms with van der Waals surface area (Å²) < 4.78 is 62.4. The quantitative estimate of drug-likeness (QED) is 0.390. The lowest BCUT2D eigenvalue weighted by Crippen LogP contribution is -2.31. The monoisotopic (exact) mass is 575 g/mol. The topological polar surface area (TPSA) is 90.3 Å². The Morgan fingerprint density at radius 3 is 2.53 bits per heavy atom. The van der Waals surface area contributed by atoms with E-state index in [9.17, 15) is 22.0 Å². The number of alkyl halides is 2. The Hall–Kier alpha value is -2.66. The summed E-state index contributed by atoms with van der Waals surface area (Å²) >= 11 is 17.9. The van der Waals surface area contributed by atoms with Crippen molar-refractivity contribution in [3.8, 4) is 0 Å². The molecule has 0 atom stereocenters. The van der Waals surface area contributed by atoms with Gasteiger partial charge >= 0.3 is 6.09 Å². The number of nitrogens with one attached hydrogen (secondary N) is 1. The predicted molar refractivity (Wildman–Crippen MR) is 132 cm³/mol. The van der Waals surface area contributed by atoms with Gasteiger partial charge in [-0.05, 0) is 60.0 Å². The van der Waals surface area contributed by atoms with Gasteiger partial charge in [0.05, 0.1) is 23.3 Å². The summed E-state index contributed by atoms with van der Waals surface area (Å²) in [7, 11) is -4.23. The fourth-order valence-electron chi connectivity index (χ4n) is 3.71. The van der Waals surface area contributed by atoms with Crippen LogP contribution in [-0.4, -0.2) is 36.8 Å². The molecule has 1 N–H and O–H groups in total. The van der Waals surface area contributed by atoms with E-state index in [0.717, 1.165) is 6.08 Å². The van der Waals surface area contributed by atoms with Crippen molar-refractivity contribution in [1.82, 2.24) is 14.5 Å². The molecular formula is C23H18Cl3F2N3O4S. The van der Waals surface area contributed by atoms with E-state index < -0.39 is 35.1 Å². The molecule has 0 spiro atoms. The lowest BCUT2D eigenvalue weighted by molar-refractivity contribution is 0.0526. The minimum Gasteiger partial charge on any atom is -0.445 e. The molecule has 3 aromatic rings. The van der Waals surface area contributed by atoms with Crippen LogP contribution in [0.4, 0.5) is 13.6 Å². The van der Waals surface area contributed by atoms with Gasteiger partial charge in [0.2, 0.25) is 0 Å². The number of benzene rings is 2. The number of amides is 1. The second-order valence-corrected chi connectivity index (χ2v) is 10.9. The number of sulfonamides is 1. The number of fused-ring (bicyclic) bond motifs is 1. The molecule has 0 aliphatic heterocycles. The highest BCUT2D eigenvalue weighted by Crippen LogP contribution is 2.42. The highest BCUT2D eigenvalue weighted by atomic mass is 35.5. The van der Waals surface area contributed by atoms with Crippen LogP contribution in [0.2, 0.25) is 15.1 Å². The second kappa shape index (κ2) is 10.4. The number of allylic oxidation sites excluding steroid dienone is 1. The maximum atomic E-state index is 14.9. The van der Waals surface area contributed by atoms with Crippen LogP contribution in [0.3, 0.4) is 0 Å². The second-order valence-electron chi connectivity index (χ2n) is 7.89. The Bertz CT molecular complexity index is 1440. The zero-order chi connectivity index (χ0) is 26.1. The number of ether oxygens (including phenoxy) is 1. The van der Waals surface area contributed by atoms with Gasteiger partial charge in [-0.2, -0.15) is 5.10 Å². The molecule has 1 heterocycles. The first kappa shape index (κ1) is 26.4. The molecule has 1 aliphatic rings. The Morgan fingerprint density at radius 2 is 1.83 bits per heavy atom. The Balaban J connectivity index is 1.52. The number of halogens is 5. The van der Waals surface area contributed by atoms with Crippen molar-refractivity contribution in [2.75, 3.05) is 6.61 Å². The molecule has 0 fully saturated rings. The van der Waals surface area contributed by atoms with Crippen molar-refractivity contribution in [3.05, 3.63) is 86.6 Å². The summed E-state index contributed by atoms with van der Waals surface area (Å²) in [6.45, 7) is -0.487. The van der Waals surface area contributed by atoms with Crippen molar-refractivity contribution < 1.29 is 26.7 Å². The number of hydrogen-bond donors (Lipinski definition) is 1. The number of carbonyl (C=O) groups is 1. The highest BCUT2D eigenvalue weighted by molar-refractivity contribution is 7.90. The first-order valence-electron chi connectivity index (χ1n) is 10.5. The standard InChI is InChI=1S/C23H18Cl3F2N3O4S/c24-16-3-5-18(6-4-16)36(33,34)30-22(32)35-10-8-19-21-14(7-9-23(19,27)28)12-29-31(21)13-15-1-2-17(25)11-20(15)26/h1-6,8,11-12H,7,9-10,13H2,(H,30,32)/b19-8+. The number of carbonyl (C=O) groups excluding carboxylic acids is 1. The first-order valence-corrected chi connectivity index (χ1v) is 13.1. The molecule has 190 valence electrons. The number of aromatic nitrogens is 2. The van der Waals surface area contributed by atoms with E-state index in [4.69, 9.17) is 39.5 Å². The molecule has 36 heavy (non-hydrogen) atoms. The van der Waals surface area contributed by atoms with Crippen LogP contribution < -0.4 is 4.72 Å². The van der Waals surface area contributed by atoms with E-state index in [1.807, 2.05) is 0 Å². The molecular weight excluding hydrogens is 559 g/mol. The predicted octanol–water partition coefficient (Wildman–Crippen LogP) is 5.97. The van der Waals surface area contributed by atoms with Crippen LogP contribution in [0.1, 0.15) is 23.2 Å². The summed E-state index contributed by atoms with van der Waals surface area (Å²) in [6.07, 6.45) is 0.899. The summed E-state index contributed by atoms with van der Waals surface area (Å²) in [5.41, 5.74) is 1.05. The number of hydrogen-bond acceptors (Lipinski definition) is 5. The number of nitrogens with zero attached hydrogens (tertiary/aromatic N) is 2. The van der Waals surface area contributed by atoms with Gasteiger partial charge in [0.15, 0.2) is 0 Å². The Labute approximate surface area is 220 Å². The van der Waals surface area contributed by atoms with Crippen LogP contribution in [0, 0.1) is 0 Å². The summed E-state index contributed by atoms with van der Waals surface area (Å²) in [6, 6.07) is 9.96. The third-order valence-corrected chi connectivity index (χ3v) is 7.62. The van der Waals surface area contributed by atoms with Gasteiger partial charge in [0, 0.05) is 27.1 Å². The summed E-state index contributed by atoms with van der Waals surface area (Å²) in [5, 5.41) is 5.36. The van der Waals surface area contributed by atoms with Crippen LogP contribution in [0.5, 0.6) is 0 Å². The lowest BCUT2D eigenvalue weighted by atomic mass is 9.89. The van der Waals surface area contributed by atoms with Crippen molar-refractivity contribution in [3.63, 3.8) is 0 Å². The van der Waals surface area contributed by atoms with Gasteiger partial charge in [-0.3, -0.25) is 4.68 Å². The van der Waals surface area contributed by atoms with Gasteiger partial charge < -0.3 is 4.74 Å². The maximum Gasteiger partial charge on any atom is 0.421 e. The molecule has 1 amide bonds. The summed E-state index contributed by atoms with van der Waals surface area (Å²) in [5.74, 6) is -3.22. The molecule has 0 unspecified atom stereocenters. The van der Waals surface area contributed by atoms with Crippen LogP contribution in [0.15, 0.2) is 59.6 Å². The molecule has 0 saturated heterocycles. The van der Waals surface area contributed by atoms with Crippen molar-refractivity contribution >= 4 is 56.5 Å². The van der Waals surface area contributed by atoms with Gasteiger partial charge in [0.25, 0.3) is 15.9 Å². The summed E-state index contributed by atoms with van der Waals surface area (Å²) in [4.78, 5) is 11.9. The Kier molecular flexibility index (Phi) is 7.61. The fraction of sp³-hybridized carbons (Fsp3) is 0.217. The lowest BCUT2D eigenvalue weighted by Gasteiger charge is -2.26. The zero-order valence-electron chi connectivity index (χ0n) is 18.4. The van der Waals surface area contributed by atoms with Crippen LogP contribution in [-0.2, 0) is 27.7 Å². The molecule has 13 heteroatoms.